The van der Waals surface area contributed by atoms with Crippen LogP contribution in [-0.2, 0) is 6.54 Å². The molecule has 0 spiro atoms. The number of rotatable bonds is 4. The predicted molar refractivity (Wildman–Crippen MR) is 91.3 cm³/mol. The van der Waals surface area contributed by atoms with Crippen molar-refractivity contribution >= 4 is 23.4 Å². The van der Waals surface area contributed by atoms with Crippen LogP contribution in [0.1, 0.15) is 25.6 Å². The number of pyridine rings is 1. The van der Waals surface area contributed by atoms with Gasteiger partial charge in [0.2, 0.25) is 0 Å². The van der Waals surface area contributed by atoms with Gasteiger partial charge in [-0.25, -0.2) is 0 Å². The molecule has 1 unspecified atom stereocenters. The molecule has 1 fully saturated rings. The maximum atomic E-state index is 4.29. The number of hydrogen-bond donors (Lipinski definition) is 2. The zero-order valence-corrected chi connectivity index (χ0v) is 13.9. The van der Waals surface area contributed by atoms with Crippen molar-refractivity contribution in [3.05, 3.63) is 30.2 Å². The number of nitrogens with zero attached hydrogens (tertiary/aromatic N) is 4. The third-order valence-corrected chi connectivity index (χ3v) is 5.49. The molecule has 7 heteroatoms. The van der Waals surface area contributed by atoms with E-state index in [-0.39, 0.29) is 0 Å². The minimum atomic E-state index is 0.319. The van der Waals surface area contributed by atoms with Gasteiger partial charge >= 0.3 is 0 Å². The molecule has 2 aromatic rings. The largest absolute Gasteiger partial charge is 0.355 e. The fourth-order valence-electron chi connectivity index (χ4n) is 2.64. The Hall–Kier alpha value is -1.76. The Balaban J connectivity index is 1.57. The van der Waals surface area contributed by atoms with Crippen molar-refractivity contribution in [1.82, 2.24) is 25.2 Å². The minimum absolute atomic E-state index is 0.319. The van der Waals surface area contributed by atoms with Gasteiger partial charge in [-0.15, -0.1) is 10.2 Å². The van der Waals surface area contributed by atoms with E-state index < -0.39 is 0 Å². The Bertz CT molecular complexity index is 659. The molecular weight excluding hydrogens is 296 g/mol. The summed E-state index contributed by atoms with van der Waals surface area (Å²) in [5, 5.41) is 15.1. The third kappa shape index (κ3) is 3.35. The van der Waals surface area contributed by atoms with Crippen LogP contribution in [0.3, 0.4) is 0 Å². The number of guanidine groups is 1. The van der Waals surface area contributed by atoms with Crippen molar-refractivity contribution in [3.63, 3.8) is 0 Å². The highest BCUT2D eigenvalue weighted by molar-refractivity contribution is 8.00. The molecular formula is C15H22N6S. The summed E-state index contributed by atoms with van der Waals surface area (Å²) in [6.07, 6.45) is 4.54. The van der Waals surface area contributed by atoms with Gasteiger partial charge in [0.15, 0.2) is 17.4 Å². The van der Waals surface area contributed by atoms with Gasteiger partial charge in [-0.3, -0.25) is 9.39 Å². The predicted octanol–water partition coefficient (Wildman–Crippen LogP) is 1.68. The SMILES string of the molecule is CN=C(NCc1nnc2ccccn12)NCC1(C)CCCS1. The summed E-state index contributed by atoms with van der Waals surface area (Å²) in [7, 11) is 1.79. The molecule has 0 aromatic carbocycles. The van der Waals surface area contributed by atoms with Crippen molar-refractivity contribution in [1.29, 1.82) is 0 Å². The zero-order chi connectivity index (χ0) is 15.4. The van der Waals surface area contributed by atoms with E-state index in [0.717, 1.165) is 24.0 Å². The summed E-state index contributed by atoms with van der Waals surface area (Å²) < 4.78 is 2.30. The van der Waals surface area contributed by atoms with Crippen molar-refractivity contribution in [2.45, 2.75) is 31.1 Å². The molecule has 1 aliphatic rings. The zero-order valence-electron chi connectivity index (χ0n) is 13.0. The number of aliphatic imine (C=N–C) groups is 1. The quantitative estimate of drug-likeness (QED) is 0.663. The van der Waals surface area contributed by atoms with E-state index in [9.17, 15) is 0 Å². The van der Waals surface area contributed by atoms with E-state index in [0.29, 0.717) is 11.3 Å². The van der Waals surface area contributed by atoms with Crippen LogP contribution in [-0.4, -0.2) is 44.6 Å². The first-order chi connectivity index (χ1) is 10.7. The lowest BCUT2D eigenvalue weighted by molar-refractivity contribution is 0.583. The summed E-state index contributed by atoms with van der Waals surface area (Å²) in [4.78, 5) is 4.29. The maximum absolute atomic E-state index is 4.29. The fraction of sp³-hybridized carbons (Fsp3) is 0.533. The highest BCUT2D eigenvalue weighted by Gasteiger charge is 2.29. The van der Waals surface area contributed by atoms with E-state index in [2.05, 4.69) is 32.7 Å². The van der Waals surface area contributed by atoms with Crippen LogP contribution in [0.2, 0.25) is 0 Å². The van der Waals surface area contributed by atoms with Crippen LogP contribution in [0, 0.1) is 0 Å². The first-order valence-corrected chi connectivity index (χ1v) is 8.56. The standard InChI is InChI=1S/C15H22N6S/c1-15(7-5-9-22-15)11-18-14(16-2)17-10-13-20-19-12-6-3-4-8-21(12)13/h3-4,6,8H,5,7,9-11H2,1-2H3,(H2,16,17,18). The number of aromatic nitrogens is 3. The number of nitrogens with one attached hydrogen (secondary N) is 2. The average molecular weight is 318 g/mol. The first kappa shape index (κ1) is 15.1. The topological polar surface area (TPSA) is 66.6 Å². The summed E-state index contributed by atoms with van der Waals surface area (Å²) in [6.45, 7) is 3.84. The Labute approximate surface area is 134 Å². The highest BCUT2D eigenvalue weighted by Crippen LogP contribution is 2.36. The van der Waals surface area contributed by atoms with Gasteiger partial charge in [-0.2, -0.15) is 11.8 Å². The molecule has 0 amide bonds. The second-order valence-electron chi connectivity index (χ2n) is 5.73. The molecule has 3 rings (SSSR count). The van der Waals surface area contributed by atoms with Gasteiger partial charge in [0.05, 0.1) is 6.54 Å². The molecule has 22 heavy (non-hydrogen) atoms. The number of thioether (sulfide) groups is 1. The summed E-state index contributed by atoms with van der Waals surface area (Å²) in [6, 6.07) is 5.88. The Kier molecular flexibility index (Phi) is 4.52. The molecule has 6 nitrogen and oxygen atoms in total. The number of hydrogen-bond acceptors (Lipinski definition) is 4. The van der Waals surface area contributed by atoms with Gasteiger partial charge in [-0.05, 0) is 37.7 Å². The molecule has 1 atom stereocenters. The van der Waals surface area contributed by atoms with Crippen LogP contribution < -0.4 is 10.6 Å². The van der Waals surface area contributed by atoms with Crippen molar-refractivity contribution < 1.29 is 0 Å². The van der Waals surface area contributed by atoms with E-state index in [4.69, 9.17) is 0 Å². The van der Waals surface area contributed by atoms with Crippen LogP contribution in [0.15, 0.2) is 29.4 Å². The van der Waals surface area contributed by atoms with Gasteiger partial charge in [0.25, 0.3) is 0 Å². The smallest absolute Gasteiger partial charge is 0.191 e. The summed E-state index contributed by atoms with van der Waals surface area (Å²) in [5.41, 5.74) is 0.858. The van der Waals surface area contributed by atoms with Crippen LogP contribution >= 0.6 is 11.8 Å². The Morgan fingerprint density at radius 3 is 3.09 bits per heavy atom. The molecule has 118 valence electrons. The van der Waals surface area contributed by atoms with E-state index in [1.807, 2.05) is 40.6 Å². The van der Waals surface area contributed by atoms with Crippen molar-refractivity contribution in [2.75, 3.05) is 19.3 Å². The summed E-state index contributed by atoms with van der Waals surface area (Å²) >= 11 is 2.04. The molecule has 2 N–H and O–H groups in total. The van der Waals surface area contributed by atoms with Gasteiger partial charge in [-0.1, -0.05) is 6.07 Å². The lowest BCUT2D eigenvalue weighted by atomic mass is 10.1. The lowest BCUT2D eigenvalue weighted by Gasteiger charge is -2.24. The molecule has 0 bridgehead atoms. The maximum Gasteiger partial charge on any atom is 0.191 e. The average Bonchev–Trinajstić information content (AvgIpc) is 3.15. The fourth-order valence-corrected chi connectivity index (χ4v) is 3.89. The summed E-state index contributed by atoms with van der Waals surface area (Å²) in [5.74, 6) is 2.94. The Morgan fingerprint density at radius 1 is 1.41 bits per heavy atom. The Morgan fingerprint density at radius 2 is 2.32 bits per heavy atom. The normalized spacial score (nSPS) is 22.2. The van der Waals surface area contributed by atoms with Crippen molar-refractivity contribution in [3.8, 4) is 0 Å². The highest BCUT2D eigenvalue weighted by atomic mass is 32.2. The molecule has 1 saturated heterocycles. The molecule has 0 saturated carbocycles. The monoisotopic (exact) mass is 318 g/mol. The van der Waals surface area contributed by atoms with E-state index in [1.54, 1.807) is 7.05 Å². The second-order valence-corrected chi connectivity index (χ2v) is 7.41. The van der Waals surface area contributed by atoms with Crippen LogP contribution in [0.4, 0.5) is 0 Å². The van der Waals surface area contributed by atoms with Gasteiger partial charge in [0.1, 0.15) is 0 Å². The number of fused-ring (bicyclic) bond motifs is 1. The molecule has 2 aromatic heterocycles. The lowest BCUT2D eigenvalue weighted by Crippen LogP contribution is -2.43. The second kappa shape index (κ2) is 6.56. The third-order valence-electron chi connectivity index (χ3n) is 3.95. The minimum Gasteiger partial charge on any atom is -0.355 e. The van der Waals surface area contributed by atoms with E-state index in [1.165, 1.54) is 18.6 Å². The molecule has 0 radical (unpaired) electrons. The molecule has 0 aliphatic carbocycles. The molecule has 3 heterocycles. The van der Waals surface area contributed by atoms with Crippen molar-refractivity contribution in [2.24, 2.45) is 4.99 Å². The molecule has 1 aliphatic heterocycles. The van der Waals surface area contributed by atoms with Gasteiger partial charge < -0.3 is 10.6 Å². The first-order valence-electron chi connectivity index (χ1n) is 7.57. The van der Waals surface area contributed by atoms with Gasteiger partial charge in [0, 0.05) is 24.5 Å². The van der Waals surface area contributed by atoms with Crippen LogP contribution in [0.25, 0.3) is 5.65 Å². The van der Waals surface area contributed by atoms with E-state index >= 15 is 0 Å². The van der Waals surface area contributed by atoms with Crippen LogP contribution in [0.5, 0.6) is 0 Å².